The van der Waals surface area contributed by atoms with Crippen molar-refractivity contribution in [3.8, 4) is 0 Å². The predicted octanol–water partition coefficient (Wildman–Crippen LogP) is 3.49. The molecule has 1 amide bonds. The van der Waals surface area contributed by atoms with E-state index in [2.05, 4.69) is 30.5 Å². The molecule has 31 heavy (non-hydrogen) atoms. The number of carbonyl (C=O) groups is 1. The Morgan fingerprint density at radius 3 is 2.58 bits per heavy atom. The van der Waals surface area contributed by atoms with Crippen LogP contribution in [0.5, 0.6) is 0 Å². The molecule has 160 valence electrons. The third kappa shape index (κ3) is 6.16. The largest absolute Gasteiger partial charge is 0.378 e. The highest BCUT2D eigenvalue weighted by molar-refractivity contribution is 7.99. The smallest absolute Gasteiger partial charge is 0.234 e. The molecular weight excluding hydrogens is 412 g/mol. The number of para-hydroxylation sites is 1. The summed E-state index contributed by atoms with van der Waals surface area (Å²) in [6.45, 7) is 4.69. The Morgan fingerprint density at radius 1 is 1.03 bits per heavy atom. The van der Waals surface area contributed by atoms with Crippen LogP contribution in [-0.2, 0) is 9.53 Å². The Kier molecular flexibility index (Phi) is 6.96. The lowest BCUT2D eigenvalue weighted by Gasteiger charge is -2.27. The fourth-order valence-corrected chi connectivity index (χ4v) is 3.70. The Hall–Kier alpha value is -3.17. The summed E-state index contributed by atoms with van der Waals surface area (Å²) in [6, 6.07) is 17.4. The summed E-state index contributed by atoms with van der Waals surface area (Å²) in [5.74, 6) is 1.12. The van der Waals surface area contributed by atoms with Crippen molar-refractivity contribution in [1.29, 1.82) is 0 Å². The fourth-order valence-electron chi connectivity index (χ4n) is 3.07. The first kappa shape index (κ1) is 21.1. The third-order valence-electron chi connectivity index (χ3n) is 4.56. The van der Waals surface area contributed by atoms with Crippen molar-refractivity contribution in [3.63, 3.8) is 0 Å². The normalized spacial score (nSPS) is 13.6. The number of hydrogen-bond donors (Lipinski definition) is 2. The highest BCUT2D eigenvalue weighted by Gasteiger charge is 2.17. The SMILES string of the molecule is Cc1cccc(NC(=O)CSc2nc(Nc3ccccc3)nc(N3CCOCC3)n2)c1. The van der Waals surface area contributed by atoms with E-state index in [9.17, 15) is 4.79 Å². The minimum atomic E-state index is -0.110. The fraction of sp³-hybridized carbons (Fsp3) is 0.273. The molecule has 1 fully saturated rings. The van der Waals surface area contributed by atoms with Gasteiger partial charge in [-0.1, -0.05) is 42.1 Å². The van der Waals surface area contributed by atoms with E-state index >= 15 is 0 Å². The molecule has 1 aromatic heterocycles. The number of thioether (sulfide) groups is 1. The molecule has 3 aromatic rings. The van der Waals surface area contributed by atoms with Crippen molar-refractivity contribution in [2.24, 2.45) is 0 Å². The van der Waals surface area contributed by atoms with Gasteiger partial charge in [0.1, 0.15) is 0 Å². The van der Waals surface area contributed by atoms with Gasteiger partial charge in [-0.3, -0.25) is 4.79 Å². The van der Waals surface area contributed by atoms with E-state index in [0.29, 0.717) is 43.4 Å². The molecule has 1 saturated heterocycles. The quantitative estimate of drug-likeness (QED) is 0.544. The van der Waals surface area contributed by atoms with Gasteiger partial charge in [-0.2, -0.15) is 15.0 Å². The molecule has 1 aliphatic heterocycles. The second-order valence-corrected chi connectivity index (χ2v) is 7.98. The summed E-state index contributed by atoms with van der Waals surface area (Å²) in [7, 11) is 0. The number of benzene rings is 2. The van der Waals surface area contributed by atoms with Crippen LogP contribution < -0.4 is 15.5 Å². The lowest BCUT2D eigenvalue weighted by atomic mass is 10.2. The maximum absolute atomic E-state index is 12.4. The first-order valence-electron chi connectivity index (χ1n) is 10.1. The topological polar surface area (TPSA) is 92.3 Å². The average molecular weight is 437 g/mol. The third-order valence-corrected chi connectivity index (χ3v) is 5.41. The van der Waals surface area contributed by atoms with E-state index in [1.165, 1.54) is 11.8 Å². The molecule has 0 atom stereocenters. The van der Waals surface area contributed by atoms with E-state index in [1.807, 2.05) is 61.5 Å². The Balaban J connectivity index is 1.48. The molecule has 8 nitrogen and oxygen atoms in total. The number of nitrogens with zero attached hydrogens (tertiary/aromatic N) is 4. The van der Waals surface area contributed by atoms with Gasteiger partial charge in [0.25, 0.3) is 0 Å². The second kappa shape index (κ2) is 10.2. The molecule has 0 saturated carbocycles. The van der Waals surface area contributed by atoms with Crippen LogP contribution in [0, 0.1) is 6.92 Å². The highest BCUT2D eigenvalue weighted by Crippen LogP contribution is 2.22. The van der Waals surface area contributed by atoms with Crippen molar-refractivity contribution in [3.05, 3.63) is 60.2 Å². The summed E-state index contributed by atoms with van der Waals surface area (Å²) < 4.78 is 5.43. The number of anilines is 4. The maximum Gasteiger partial charge on any atom is 0.234 e. The summed E-state index contributed by atoms with van der Waals surface area (Å²) >= 11 is 1.28. The maximum atomic E-state index is 12.4. The number of aryl methyl sites for hydroxylation is 1. The second-order valence-electron chi connectivity index (χ2n) is 7.04. The zero-order chi connectivity index (χ0) is 21.5. The summed E-state index contributed by atoms with van der Waals surface area (Å²) in [4.78, 5) is 28.2. The van der Waals surface area contributed by atoms with Crippen LogP contribution >= 0.6 is 11.8 Å². The first-order valence-corrected chi connectivity index (χ1v) is 11.0. The zero-order valence-corrected chi connectivity index (χ0v) is 18.1. The van der Waals surface area contributed by atoms with Crippen LogP contribution in [0.15, 0.2) is 59.8 Å². The standard InChI is InChI=1S/C22H24N6O2S/c1-16-6-5-9-18(14-16)23-19(29)15-31-22-26-20(24-17-7-3-2-4-8-17)25-21(27-22)28-10-12-30-13-11-28/h2-9,14H,10-13,15H2,1H3,(H,23,29)(H,24,25,26,27). The number of morpholine rings is 1. The molecule has 2 aromatic carbocycles. The van der Waals surface area contributed by atoms with Gasteiger partial charge in [0.15, 0.2) is 5.16 Å². The molecule has 0 unspecified atom stereocenters. The van der Waals surface area contributed by atoms with Gasteiger partial charge in [-0.25, -0.2) is 0 Å². The number of carbonyl (C=O) groups excluding carboxylic acids is 1. The number of aromatic nitrogens is 3. The molecule has 0 bridgehead atoms. The summed E-state index contributed by atoms with van der Waals surface area (Å²) in [6.07, 6.45) is 0. The number of nitrogens with one attached hydrogen (secondary N) is 2. The molecule has 9 heteroatoms. The van der Waals surface area contributed by atoms with Crippen LogP contribution in [0.4, 0.5) is 23.3 Å². The van der Waals surface area contributed by atoms with Crippen molar-refractivity contribution >= 4 is 40.9 Å². The average Bonchev–Trinajstić information content (AvgIpc) is 2.79. The van der Waals surface area contributed by atoms with E-state index in [1.54, 1.807) is 0 Å². The molecular formula is C22H24N6O2S. The van der Waals surface area contributed by atoms with E-state index in [-0.39, 0.29) is 11.7 Å². The van der Waals surface area contributed by atoms with Gasteiger partial charge >= 0.3 is 0 Å². The predicted molar refractivity (Wildman–Crippen MR) is 123 cm³/mol. The molecule has 0 spiro atoms. The van der Waals surface area contributed by atoms with Gasteiger partial charge in [-0.15, -0.1) is 0 Å². The number of amides is 1. The molecule has 2 N–H and O–H groups in total. The summed E-state index contributed by atoms with van der Waals surface area (Å²) in [5, 5.41) is 6.63. The van der Waals surface area contributed by atoms with Crippen molar-refractivity contribution in [2.75, 3.05) is 47.6 Å². The van der Waals surface area contributed by atoms with Gasteiger partial charge in [-0.05, 0) is 36.8 Å². The van der Waals surface area contributed by atoms with Crippen molar-refractivity contribution in [1.82, 2.24) is 15.0 Å². The molecule has 0 aliphatic carbocycles. The highest BCUT2D eigenvalue weighted by atomic mass is 32.2. The van der Waals surface area contributed by atoms with Crippen LogP contribution in [0.2, 0.25) is 0 Å². The van der Waals surface area contributed by atoms with Gasteiger partial charge in [0, 0.05) is 24.5 Å². The van der Waals surface area contributed by atoms with Gasteiger partial charge in [0.05, 0.1) is 19.0 Å². The lowest BCUT2D eigenvalue weighted by molar-refractivity contribution is -0.113. The van der Waals surface area contributed by atoms with Gasteiger partial charge < -0.3 is 20.3 Å². The molecule has 4 rings (SSSR count). The van der Waals surface area contributed by atoms with Crippen LogP contribution in [0.1, 0.15) is 5.56 Å². The van der Waals surface area contributed by atoms with Crippen molar-refractivity contribution in [2.45, 2.75) is 12.1 Å². The Bertz CT molecular complexity index is 1030. The van der Waals surface area contributed by atoms with E-state index in [0.717, 1.165) is 16.9 Å². The molecule has 0 radical (unpaired) electrons. The zero-order valence-electron chi connectivity index (χ0n) is 17.2. The van der Waals surface area contributed by atoms with E-state index < -0.39 is 0 Å². The summed E-state index contributed by atoms with van der Waals surface area (Å²) in [5.41, 5.74) is 2.76. The molecule has 2 heterocycles. The first-order chi connectivity index (χ1) is 15.2. The van der Waals surface area contributed by atoms with Crippen LogP contribution in [-0.4, -0.2) is 52.9 Å². The van der Waals surface area contributed by atoms with Gasteiger partial charge in [0.2, 0.25) is 17.8 Å². The van der Waals surface area contributed by atoms with Crippen molar-refractivity contribution < 1.29 is 9.53 Å². The number of rotatable bonds is 7. The Labute approximate surface area is 185 Å². The monoisotopic (exact) mass is 436 g/mol. The minimum absolute atomic E-state index is 0.110. The Morgan fingerprint density at radius 2 is 1.81 bits per heavy atom. The van der Waals surface area contributed by atoms with Crippen LogP contribution in [0.3, 0.4) is 0 Å². The lowest BCUT2D eigenvalue weighted by Crippen LogP contribution is -2.37. The molecule has 1 aliphatic rings. The minimum Gasteiger partial charge on any atom is -0.378 e. The number of ether oxygens (including phenoxy) is 1. The van der Waals surface area contributed by atoms with E-state index in [4.69, 9.17) is 4.74 Å². The van der Waals surface area contributed by atoms with Crippen LogP contribution in [0.25, 0.3) is 0 Å². The number of hydrogen-bond acceptors (Lipinski definition) is 8.